The molecular formula is C58H113NO5. The summed E-state index contributed by atoms with van der Waals surface area (Å²) < 4.78 is 5.49. The number of carbonyl (C=O) groups is 2. The average molecular weight is 905 g/mol. The van der Waals surface area contributed by atoms with E-state index < -0.39 is 12.1 Å². The lowest BCUT2D eigenvalue weighted by Gasteiger charge is -2.20. The van der Waals surface area contributed by atoms with Crippen LogP contribution >= 0.6 is 0 Å². The molecule has 0 aliphatic carbocycles. The van der Waals surface area contributed by atoms with Crippen LogP contribution < -0.4 is 5.32 Å². The van der Waals surface area contributed by atoms with Crippen molar-refractivity contribution in [3.8, 4) is 0 Å². The van der Waals surface area contributed by atoms with Gasteiger partial charge in [-0.15, -0.1) is 0 Å². The van der Waals surface area contributed by atoms with Crippen molar-refractivity contribution in [2.75, 3.05) is 13.2 Å². The quantitative estimate of drug-likeness (QED) is 0.0321. The predicted octanol–water partition coefficient (Wildman–Crippen LogP) is 17.7. The van der Waals surface area contributed by atoms with E-state index in [0.29, 0.717) is 19.4 Å². The lowest BCUT2D eigenvalue weighted by molar-refractivity contribution is -0.143. The normalized spacial score (nSPS) is 12.6. The van der Waals surface area contributed by atoms with Crippen LogP contribution in [0, 0.1) is 0 Å². The van der Waals surface area contributed by atoms with Gasteiger partial charge in [-0.25, -0.2) is 0 Å². The molecule has 0 saturated heterocycles. The monoisotopic (exact) mass is 904 g/mol. The molecule has 0 bridgehead atoms. The van der Waals surface area contributed by atoms with Crippen LogP contribution in [-0.2, 0) is 14.3 Å². The van der Waals surface area contributed by atoms with Gasteiger partial charge in [0.2, 0.25) is 5.91 Å². The molecule has 0 saturated carbocycles. The van der Waals surface area contributed by atoms with Crippen molar-refractivity contribution >= 4 is 11.9 Å². The van der Waals surface area contributed by atoms with Crippen molar-refractivity contribution in [3.63, 3.8) is 0 Å². The third-order valence-electron chi connectivity index (χ3n) is 13.6. The Morgan fingerprint density at radius 3 is 1.06 bits per heavy atom. The number of amides is 1. The maximum atomic E-state index is 12.4. The third kappa shape index (κ3) is 50.0. The van der Waals surface area contributed by atoms with E-state index in [0.717, 1.165) is 38.5 Å². The van der Waals surface area contributed by atoms with Crippen molar-refractivity contribution in [2.45, 2.75) is 334 Å². The number of hydrogen-bond donors (Lipinski definition) is 3. The molecule has 0 aliphatic heterocycles. The Morgan fingerprint density at radius 1 is 0.422 bits per heavy atom. The van der Waals surface area contributed by atoms with Crippen molar-refractivity contribution in [1.29, 1.82) is 0 Å². The van der Waals surface area contributed by atoms with Gasteiger partial charge in [0, 0.05) is 12.8 Å². The number of allylic oxidation sites excluding steroid dienone is 1. The van der Waals surface area contributed by atoms with E-state index in [2.05, 4.69) is 19.2 Å². The zero-order chi connectivity index (χ0) is 46.5. The van der Waals surface area contributed by atoms with Crippen molar-refractivity contribution in [1.82, 2.24) is 5.32 Å². The number of ether oxygens (including phenoxy) is 1. The van der Waals surface area contributed by atoms with Gasteiger partial charge >= 0.3 is 5.97 Å². The molecule has 6 heteroatoms. The number of unbranched alkanes of at least 4 members (excludes halogenated alkanes) is 43. The first-order valence-electron chi connectivity index (χ1n) is 29.0. The molecule has 0 rings (SSSR count). The molecule has 0 spiro atoms. The first-order valence-corrected chi connectivity index (χ1v) is 29.0. The SMILES string of the molecule is CCCCCCCCCC/C=C/C(O)C(CO)NC(=O)CCCCCCCCCCCCCCCCCCCCCOC(=O)CCCCCCCCCCCCCCCCCCCC. The van der Waals surface area contributed by atoms with E-state index in [9.17, 15) is 19.8 Å². The van der Waals surface area contributed by atoms with E-state index in [1.165, 1.54) is 257 Å². The summed E-state index contributed by atoms with van der Waals surface area (Å²) in [6, 6.07) is -0.627. The number of aliphatic hydroxyl groups excluding tert-OH is 2. The lowest BCUT2D eigenvalue weighted by Crippen LogP contribution is -2.45. The van der Waals surface area contributed by atoms with Gasteiger partial charge in [0.1, 0.15) is 0 Å². The fourth-order valence-corrected chi connectivity index (χ4v) is 9.11. The summed E-state index contributed by atoms with van der Waals surface area (Å²) >= 11 is 0. The van der Waals surface area contributed by atoms with E-state index in [4.69, 9.17) is 4.74 Å². The Hall–Kier alpha value is -1.40. The van der Waals surface area contributed by atoms with Gasteiger partial charge in [-0.3, -0.25) is 9.59 Å². The molecule has 2 unspecified atom stereocenters. The minimum absolute atomic E-state index is 0.0129. The highest BCUT2D eigenvalue weighted by atomic mass is 16.5. The zero-order valence-electron chi connectivity index (χ0n) is 43.3. The number of aliphatic hydroxyl groups is 2. The number of rotatable bonds is 54. The van der Waals surface area contributed by atoms with Crippen LogP contribution in [0.4, 0.5) is 0 Å². The Kier molecular flexibility index (Phi) is 53.0. The first-order chi connectivity index (χ1) is 31.5. The molecule has 0 aromatic heterocycles. The smallest absolute Gasteiger partial charge is 0.305 e. The topological polar surface area (TPSA) is 95.9 Å². The fraction of sp³-hybridized carbons (Fsp3) is 0.931. The molecule has 380 valence electrons. The van der Waals surface area contributed by atoms with Crippen LogP contribution in [0.5, 0.6) is 0 Å². The number of nitrogens with one attached hydrogen (secondary N) is 1. The predicted molar refractivity (Wildman–Crippen MR) is 278 cm³/mol. The summed E-state index contributed by atoms with van der Waals surface area (Å²) in [5.41, 5.74) is 0. The summed E-state index contributed by atoms with van der Waals surface area (Å²) in [5.74, 6) is -0.0587. The second kappa shape index (κ2) is 54.2. The van der Waals surface area contributed by atoms with Crippen LogP contribution in [0.2, 0.25) is 0 Å². The molecule has 6 nitrogen and oxygen atoms in total. The second-order valence-corrected chi connectivity index (χ2v) is 20.0. The van der Waals surface area contributed by atoms with Crippen LogP contribution in [0.1, 0.15) is 322 Å². The highest BCUT2D eigenvalue weighted by Crippen LogP contribution is 2.17. The zero-order valence-corrected chi connectivity index (χ0v) is 43.3. The number of hydrogen-bond acceptors (Lipinski definition) is 5. The summed E-state index contributed by atoms with van der Waals surface area (Å²) in [5, 5.41) is 23.0. The third-order valence-corrected chi connectivity index (χ3v) is 13.6. The highest BCUT2D eigenvalue weighted by molar-refractivity contribution is 5.76. The molecular weight excluding hydrogens is 791 g/mol. The van der Waals surface area contributed by atoms with Crippen LogP contribution in [0.15, 0.2) is 12.2 Å². The van der Waals surface area contributed by atoms with Gasteiger partial charge in [0.25, 0.3) is 0 Å². The number of carbonyl (C=O) groups excluding carboxylic acids is 2. The minimum Gasteiger partial charge on any atom is -0.466 e. The van der Waals surface area contributed by atoms with Crippen LogP contribution in [0.3, 0.4) is 0 Å². The Balaban J connectivity index is 3.36. The van der Waals surface area contributed by atoms with E-state index in [1.54, 1.807) is 6.08 Å². The largest absolute Gasteiger partial charge is 0.466 e. The number of esters is 1. The maximum absolute atomic E-state index is 12.4. The molecule has 0 aliphatic rings. The molecule has 64 heavy (non-hydrogen) atoms. The Morgan fingerprint density at radius 2 is 0.719 bits per heavy atom. The second-order valence-electron chi connectivity index (χ2n) is 20.0. The van der Waals surface area contributed by atoms with E-state index >= 15 is 0 Å². The Bertz CT molecular complexity index is 955. The first kappa shape index (κ1) is 62.6. The minimum atomic E-state index is -0.843. The lowest BCUT2D eigenvalue weighted by atomic mass is 10.0. The highest BCUT2D eigenvalue weighted by Gasteiger charge is 2.18. The van der Waals surface area contributed by atoms with Crippen LogP contribution in [0.25, 0.3) is 0 Å². The fourth-order valence-electron chi connectivity index (χ4n) is 9.11. The average Bonchev–Trinajstić information content (AvgIpc) is 3.29. The summed E-state index contributed by atoms with van der Waals surface area (Å²) in [7, 11) is 0. The summed E-state index contributed by atoms with van der Waals surface area (Å²) in [6.45, 7) is 4.90. The molecule has 2 atom stereocenters. The molecule has 0 radical (unpaired) electrons. The van der Waals surface area contributed by atoms with Crippen LogP contribution in [-0.4, -0.2) is 47.4 Å². The van der Waals surface area contributed by atoms with E-state index in [-0.39, 0.29) is 18.5 Å². The van der Waals surface area contributed by atoms with Gasteiger partial charge in [-0.05, 0) is 32.1 Å². The van der Waals surface area contributed by atoms with Crippen molar-refractivity contribution in [3.05, 3.63) is 12.2 Å². The maximum Gasteiger partial charge on any atom is 0.305 e. The van der Waals surface area contributed by atoms with Gasteiger partial charge in [-0.2, -0.15) is 0 Å². The molecule has 0 heterocycles. The van der Waals surface area contributed by atoms with Gasteiger partial charge in [-0.1, -0.05) is 289 Å². The standard InChI is InChI=1S/C58H113NO5/c1-3-5-7-9-11-13-15-16-17-18-23-26-29-32-36-40-44-48-52-58(63)64-53-49-45-41-37-33-30-27-24-21-19-20-22-25-28-31-35-39-43-47-51-57(62)59-55(54-60)56(61)50-46-42-38-34-14-12-10-8-6-4-2/h46,50,55-56,60-61H,3-45,47-49,51-54H2,1-2H3,(H,59,62)/b50-46+. The van der Waals surface area contributed by atoms with Gasteiger partial charge in [0.15, 0.2) is 0 Å². The molecule has 0 fully saturated rings. The molecule has 1 amide bonds. The molecule has 0 aromatic rings. The Labute approximate surface area is 399 Å². The van der Waals surface area contributed by atoms with Gasteiger partial charge < -0.3 is 20.3 Å². The molecule has 0 aromatic carbocycles. The summed E-state index contributed by atoms with van der Waals surface area (Å²) in [4.78, 5) is 24.5. The van der Waals surface area contributed by atoms with Crippen molar-refractivity contribution in [2.24, 2.45) is 0 Å². The summed E-state index contributed by atoms with van der Waals surface area (Å²) in [6.07, 6.45) is 63.9. The molecule has 3 N–H and O–H groups in total. The van der Waals surface area contributed by atoms with E-state index in [1.807, 2.05) is 6.08 Å². The van der Waals surface area contributed by atoms with Gasteiger partial charge in [0.05, 0.1) is 25.4 Å². The van der Waals surface area contributed by atoms with Crippen molar-refractivity contribution < 1.29 is 24.5 Å².